The number of ether oxygens (including phenoxy) is 1. The van der Waals surface area contributed by atoms with Crippen LogP contribution in [0.2, 0.25) is 0 Å². The van der Waals surface area contributed by atoms with Gasteiger partial charge in [-0.1, -0.05) is 18.9 Å². The fourth-order valence-electron chi connectivity index (χ4n) is 3.89. The molecule has 3 rings (SSSR count). The van der Waals surface area contributed by atoms with Crippen LogP contribution in [-0.2, 0) is 14.8 Å². The van der Waals surface area contributed by atoms with Crippen molar-refractivity contribution in [3.05, 3.63) is 29.3 Å². The van der Waals surface area contributed by atoms with E-state index in [2.05, 4.69) is 0 Å². The standard InChI is InChI=1S/C19H28N2O4S/c1-3-21(17-6-4-5-7-17)19(22)16-9-8-15(2)18(14-16)26(23,24)20-10-12-25-13-11-20/h8-9,14,17H,3-7,10-13H2,1-2H3. The van der Waals surface area contributed by atoms with E-state index in [4.69, 9.17) is 4.74 Å². The van der Waals surface area contributed by atoms with Gasteiger partial charge in [-0.2, -0.15) is 4.31 Å². The van der Waals surface area contributed by atoms with E-state index < -0.39 is 10.0 Å². The highest BCUT2D eigenvalue weighted by molar-refractivity contribution is 7.89. The van der Waals surface area contributed by atoms with Crippen LogP contribution in [0.5, 0.6) is 0 Å². The molecular formula is C19H28N2O4S. The molecule has 144 valence electrons. The van der Waals surface area contributed by atoms with Gasteiger partial charge >= 0.3 is 0 Å². The van der Waals surface area contributed by atoms with E-state index in [1.54, 1.807) is 25.1 Å². The van der Waals surface area contributed by atoms with Crippen LogP contribution < -0.4 is 0 Å². The zero-order chi connectivity index (χ0) is 18.7. The molecule has 1 saturated heterocycles. The van der Waals surface area contributed by atoms with Crippen molar-refractivity contribution in [2.75, 3.05) is 32.8 Å². The van der Waals surface area contributed by atoms with Crippen LogP contribution in [0, 0.1) is 6.92 Å². The summed E-state index contributed by atoms with van der Waals surface area (Å²) < 4.78 is 32.8. The third-order valence-electron chi connectivity index (χ3n) is 5.39. The van der Waals surface area contributed by atoms with E-state index in [0.29, 0.717) is 44.0 Å². The van der Waals surface area contributed by atoms with E-state index in [0.717, 1.165) is 25.7 Å². The Bertz CT molecular complexity index is 751. The number of hydrogen-bond acceptors (Lipinski definition) is 4. The number of carbonyl (C=O) groups excluding carboxylic acids is 1. The summed E-state index contributed by atoms with van der Waals surface area (Å²) >= 11 is 0. The van der Waals surface area contributed by atoms with Crippen molar-refractivity contribution in [1.82, 2.24) is 9.21 Å². The van der Waals surface area contributed by atoms with Crippen molar-refractivity contribution in [3.8, 4) is 0 Å². The van der Waals surface area contributed by atoms with Crippen LogP contribution in [0.3, 0.4) is 0 Å². The summed E-state index contributed by atoms with van der Waals surface area (Å²) in [5.74, 6) is -0.0715. The molecule has 1 amide bonds. The molecule has 1 aromatic rings. The Balaban J connectivity index is 1.90. The van der Waals surface area contributed by atoms with Crippen molar-refractivity contribution in [3.63, 3.8) is 0 Å². The van der Waals surface area contributed by atoms with Gasteiger partial charge in [0.1, 0.15) is 0 Å². The zero-order valence-electron chi connectivity index (χ0n) is 15.6. The molecule has 0 unspecified atom stereocenters. The summed E-state index contributed by atoms with van der Waals surface area (Å²) in [5.41, 5.74) is 1.12. The summed E-state index contributed by atoms with van der Waals surface area (Å²) in [5, 5.41) is 0. The highest BCUT2D eigenvalue weighted by atomic mass is 32.2. The predicted molar refractivity (Wildman–Crippen MR) is 99.7 cm³/mol. The van der Waals surface area contributed by atoms with Crippen LogP contribution >= 0.6 is 0 Å². The number of rotatable bonds is 5. The lowest BCUT2D eigenvalue weighted by Crippen LogP contribution is -2.41. The number of amides is 1. The Hall–Kier alpha value is -1.44. The molecule has 1 aromatic carbocycles. The molecule has 2 fully saturated rings. The first-order chi connectivity index (χ1) is 12.4. The summed E-state index contributed by atoms with van der Waals surface area (Å²) in [6.07, 6.45) is 4.37. The zero-order valence-corrected chi connectivity index (χ0v) is 16.4. The molecule has 0 spiro atoms. The minimum absolute atomic E-state index is 0.0715. The molecule has 26 heavy (non-hydrogen) atoms. The third-order valence-corrected chi connectivity index (χ3v) is 7.43. The third kappa shape index (κ3) is 3.80. The fraction of sp³-hybridized carbons (Fsp3) is 0.632. The first-order valence-electron chi connectivity index (χ1n) is 9.44. The molecule has 0 bridgehead atoms. The minimum Gasteiger partial charge on any atom is -0.379 e. The Morgan fingerprint density at radius 3 is 2.50 bits per heavy atom. The van der Waals surface area contributed by atoms with Crippen molar-refractivity contribution in [2.45, 2.75) is 50.5 Å². The van der Waals surface area contributed by atoms with Gasteiger partial charge in [0.05, 0.1) is 18.1 Å². The summed E-state index contributed by atoms with van der Waals surface area (Å²) in [7, 11) is -3.62. The van der Waals surface area contributed by atoms with Crippen molar-refractivity contribution >= 4 is 15.9 Å². The second kappa shape index (κ2) is 8.06. The van der Waals surface area contributed by atoms with Gasteiger partial charge in [-0.3, -0.25) is 4.79 Å². The van der Waals surface area contributed by atoms with E-state index in [1.807, 2.05) is 11.8 Å². The van der Waals surface area contributed by atoms with Crippen LogP contribution in [0.1, 0.15) is 48.5 Å². The SMILES string of the molecule is CCN(C(=O)c1ccc(C)c(S(=O)(=O)N2CCOCC2)c1)C1CCCC1. The second-order valence-corrected chi connectivity index (χ2v) is 8.93. The van der Waals surface area contributed by atoms with Gasteiger partial charge in [0.2, 0.25) is 10.0 Å². The monoisotopic (exact) mass is 380 g/mol. The first-order valence-corrected chi connectivity index (χ1v) is 10.9. The molecule has 0 aromatic heterocycles. The fourth-order valence-corrected chi connectivity index (χ4v) is 5.55. The summed E-state index contributed by atoms with van der Waals surface area (Å²) in [6.45, 7) is 5.91. The maximum absolute atomic E-state index is 13.0. The lowest BCUT2D eigenvalue weighted by atomic mass is 10.1. The van der Waals surface area contributed by atoms with Gasteiger partial charge in [0.25, 0.3) is 5.91 Å². The average Bonchev–Trinajstić information content (AvgIpc) is 3.17. The van der Waals surface area contributed by atoms with E-state index in [-0.39, 0.29) is 16.8 Å². The maximum atomic E-state index is 13.0. The van der Waals surface area contributed by atoms with Crippen LogP contribution in [0.15, 0.2) is 23.1 Å². The van der Waals surface area contributed by atoms with E-state index >= 15 is 0 Å². The molecule has 7 heteroatoms. The second-order valence-electron chi connectivity index (χ2n) is 7.03. The molecule has 1 aliphatic carbocycles. The quantitative estimate of drug-likeness (QED) is 0.787. The minimum atomic E-state index is -3.62. The molecule has 1 saturated carbocycles. The highest BCUT2D eigenvalue weighted by Gasteiger charge is 2.30. The van der Waals surface area contributed by atoms with Gasteiger partial charge in [0, 0.05) is 31.2 Å². The van der Waals surface area contributed by atoms with Gasteiger partial charge in [-0.25, -0.2) is 8.42 Å². The van der Waals surface area contributed by atoms with Crippen LogP contribution in [0.4, 0.5) is 0 Å². The molecule has 0 atom stereocenters. The number of benzene rings is 1. The van der Waals surface area contributed by atoms with Gasteiger partial charge in [-0.15, -0.1) is 0 Å². The lowest BCUT2D eigenvalue weighted by molar-refractivity contribution is 0.0692. The van der Waals surface area contributed by atoms with Gasteiger partial charge in [-0.05, 0) is 44.4 Å². The van der Waals surface area contributed by atoms with Crippen molar-refractivity contribution < 1.29 is 17.9 Å². The normalized spacial score (nSPS) is 19.6. The van der Waals surface area contributed by atoms with Gasteiger partial charge in [0.15, 0.2) is 0 Å². The number of carbonyl (C=O) groups is 1. The number of aryl methyl sites for hydroxylation is 1. The Labute approximate surface area is 156 Å². The first kappa shape index (κ1) is 19.3. The summed E-state index contributed by atoms with van der Waals surface area (Å²) in [6, 6.07) is 5.31. The highest BCUT2D eigenvalue weighted by Crippen LogP contribution is 2.27. The number of nitrogens with zero attached hydrogens (tertiary/aromatic N) is 2. The molecule has 1 heterocycles. The molecule has 6 nitrogen and oxygen atoms in total. The van der Waals surface area contributed by atoms with Crippen LogP contribution in [-0.4, -0.2) is 62.4 Å². The summed E-state index contributed by atoms with van der Waals surface area (Å²) in [4.78, 5) is 15.1. The van der Waals surface area contributed by atoms with Crippen molar-refractivity contribution in [1.29, 1.82) is 0 Å². The Morgan fingerprint density at radius 1 is 1.23 bits per heavy atom. The van der Waals surface area contributed by atoms with E-state index in [9.17, 15) is 13.2 Å². The largest absolute Gasteiger partial charge is 0.379 e. The Morgan fingerprint density at radius 2 is 1.88 bits per heavy atom. The topological polar surface area (TPSA) is 66.9 Å². The van der Waals surface area contributed by atoms with Crippen molar-refractivity contribution in [2.24, 2.45) is 0 Å². The smallest absolute Gasteiger partial charge is 0.254 e. The molecular weight excluding hydrogens is 352 g/mol. The van der Waals surface area contributed by atoms with Gasteiger partial charge < -0.3 is 9.64 Å². The molecule has 1 aliphatic heterocycles. The number of hydrogen-bond donors (Lipinski definition) is 0. The molecule has 0 radical (unpaired) electrons. The molecule has 0 N–H and O–H groups in total. The number of morpholine rings is 1. The van der Waals surface area contributed by atoms with E-state index in [1.165, 1.54) is 4.31 Å². The maximum Gasteiger partial charge on any atom is 0.254 e. The molecule has 2 aliphatic rings. The Kier molecular flexibility index (Phi) is 5.99. The predicted octanol–water partition coefficient (Wildman–Crippen LogP) is 2.42. The number of sulfonamides is 1. The lowest BCUT2D eigenvalue weighted by Gasteiger charge is -2.29. The van der Waals surface area contributed by atoms with Crippen LogP contribution in [0.25, 0.3) is 0 Å². The average molecular weight is 381 g/mol.